The Hall–Kier alpha value is -2.27. The Bertz CT molecular complexity index is 649. The molecule has 0 aromatic heterocycles. The van der Waals surface area contributed by atoms with Crippen LogP contribution >= 0.6 is 11.6 Å². The van der Waals surface area contributed by atoms with Gasteiger partial charge in [0.15, 0.2) is 0 Å². The van der Waals surface area contributed by atoms with E-state index < -0.39 is 5.82 Å². The molecule has 0 saturated heterocycles. The molecule has 3 N–H and O–H groups in total. The van der Waals surface area contributed by atoms with Crippen LogP contribution in [0.5, 0.6) is 5.75 Å². The van der Waals surface area contributed by atoms with Gasteiger partial charge in [0.05, 0.1) is 11.6 Å². The number of nitrogens with two attached hydrogens (primary N) is 1. The molecular weight excluding hydrogens is 295 g/mol. The summed E-state index contributed by atoms with van der Waals surface area (Å²) in [6.07, 6.45) is 0. The molecule has 0 aliphatic rings. The lowest BCUT2D eigenvalue weighted by atomic mass is 10.2. The molecule has 4 nitrogen and oxygen atoms in total. The van der Waals surface area contributed by atoms with E-state index in [0.717, 1.165) is 6.07 Å². The van der Waals surface area contributed by atoms with E-state index >= 15 is 0 Å². The summed E-state index contributed by atoms with van der Waals surface area (Å²) in [4.78, 5) is 11.8. The van der Waals surface area contributed by atoms with Crippen molar-refractivity contribution in [2.75, 3.05) is 18.9 Å². The number of carbonyl (C=O) groups is 1. The molecule has 0 atom stereocenters. The number of anilines is 1. The van der Waals surface area contributed by atoms with Crippen LogP contribution in [0.15, 0.2) is 42.5 Å². The first-order valence-corrected chi connectivity index (χ1v) is 6.65. The highest BCUT2D eigenvalue weighted by Gasteiger charge is 2.08. The summed E-state index contributed by atoms with van der Waals surface area (Å²) >= 11 is 5.56. The van der Waals surface area contributed by atoms with Gasteiger partial charge in [0.25, 0.3) is 5.91 Å². The minimum absolute atomic E-state index is 0.0171. The lowest BCUT2D eigenvalue weighted by Crippen LogP contribution is -2.28. The molecule has 2 aromatic carbocycles. The highest BCUT2D eigenvalue weighted by molar-refractivity contribution is 6.30. The molecule has 0 heterocycles. The van der Waals surface area contributed by atoms with Gasteiger partial charge < -0.3 is 15.8 Å². The maximum Gasteiger partial charge on any atom is 0.251 e. The van der Waals surface area contributed by atoms with Crippen molar-refractivity contribution in [1.29, 1.82) is 0 Å². The van der Waals surface area contributed by atoms with Crippen LogP contribution in [-0.4, -0.2) is 19.1 Å². The number of ether oxygens (including phenoxy) is 1. The van der Waals surface area contributed by atoms with E-state index in [-0.39, 0.29) is 29.6 Å². The zero-order chi connectivity index (χ0) is 15.2. The third-order valence-corrected chi connectivity index (χ3v) is 3.00. The Morgan fingerprint density at radius 1 is 1.29 bits per heavy atom. The number of nitrogen functional groups attached to an aromatic ring is 1. The van der Waals surface area contributed by atoms with Gasteiger partial charge in [0, 0.05) is 17.3 Å². The van der Waals surface area contributed by atoms with E-state index in [1.165, 1.54) is 12.1 Å². The Kier molecular flexibility index (Phi) is 5.00. The van der Waals surface area contributed by atoms with Gasteiger partial charge in [-0.2, -0.15) is 0 Å². The number of hydrogen-bond donors (Lipinski definition) is 2. The minimum Gasteiger partial charge on any atom is -0.492 e. The van der Waals surface area contributed by atoms with Gasteiger partial charge in [-0.3, -0.25) is 4.79 Å². The molecule has 2 rings (SSSR count). The Morgan fingerprint density at radius 3 is 2.81 bits per heavy atom. The second kappa shape index (κ2) is 6.95. The van der Waals surface area contributed by atoms with E-state index in [9.17, 15) is 9.18 Å². The lowest BCUT2D eigenvalue weighted by molar-refractivity contribution is 0.0946. The smallest absolute Gasteiger partial charge is 0.251 e. The molecule has 0 spiro atoms. The van der Waals surface area contributed by atoms with Gasteiger partial charge in [-0.15, -0.1) is 0 Å². The van der Waals surface area contributed by atoms with Crippen molar-refractivity contribution in [3.63, 3.8) is 0 Å². The normalized spacial score (nSPS) is 10.2. The number of nitrogens with one attached hydrogen (secondary N) is 1. The van der Waals surface area contributed by atoms with Crippen molar-refractivity contribution in [2.45, 2.75) is 0 Å². The zero-order valence-electron chi connectivity index (χ0n) is 11.1. The Labute approximate surface area is 126 Å². The number of carbonyl (C=O) groups excluding carboxylic acids is 1. The van der Waals surface area contributed by atoms with Crippen LogP contribution in [-0.2, 0) is 0 Å². The van der Waals surface area contributed by atoms with Gasteiger partial charge in [-0.25, -0.2) is 4.39 Å². The standard InChI is InChI=1S/C15H14ClFN2O2/c16-13-5-4-10(8-14(13)17)15(20)19-6-7-21-12-3-1-2-11(18)9-12/h1-5,8-9H,6-7,18H2,(H,19,20). The third kappa shape index (κ3) is 4.36. The molecule has 21 heavy (non-hydrogen) atoms. The third-order valence-electron chi connectivity index (χ3n) is 2.70. The molecule has 0 fully saturated rings. The molecule has 2 aromatic rings. The van der Waals surface area contributed by atoms with Crippen molar-refractivity contribution in [1.82, 2.24) is 5.32 Å². The lowest BCUT2D eigenvalue weighted by Gasteiger charge is -2.08. The van der Waals surface area contributed by atoms with Crippen molar-refractivity contribution >= 4 is 23.2 Å². The highest BCUT2D eigenvalue weighted by atomic mass is 35.5. The van der Waals surface area contributed by atoms with Crippen LogP contribution in [0.1, 0.15) is 10.4 Å². The molecule has 0 aliphatic carbocycles. The van der Waals surface area contributed by atoms with E-state index in [1.807, 2.05) is 0 Å². The second-order valence-electron chi connectivity index (χ2n) is 4.31. The Morgan fingerprint density at radius 2 is 2.10 bits per heavy atom. The summed E-state index contributed by atoms with van der Waals surface area (Å²) in [6, 6.07) is 10.9. The van der Waals surface area contributed by atoms with Crippen LogP contribution in [0, 0.1) is 5.82 Å². The second-order valence-corrected chi connectivity index (χ2v) is 4.71. The van der Waals surface area contributed by atoms with Crippen molar-refractivity contribution in [3.8, 4) is 5.75 Å². The van der Waals surface area contributed by atoms with Crippen molar-refractivity contribution < 1.29 is 13.9 Å². The SMILES string of the molecule is Nc1cccc(OCCNC(=O)c2ccc(Cl)c(F)c2)c1. The van der Waals surface area contributed by atoms with E-state index in [4.69, 9.17) is 22.1 Å². The zero-order valence-corrected chi connectivity index (χ0v) is 11.9. The monoisotopic (exact) mass is 308 g/mol. The molecule has 0 bridgehead atoms. The minimum atomic E-state index is -0.625. The number of amides is 1. The van der Waals surface area contributed by atoms with E-state index in [0.29, 0.717) is 11.4 Å². The molecule has 0 saturated carbocycles. The highest BCUT2D eigenvalue weighted by Crippen LogP contribution is 2.16. The number of hydrogen-bond acceptors (Lipinski definition) is 3. The largest absolute Gasteiger partial charge is 0.492 e. The van der Waals surface area contributed by atoms with Crippen LogP contribution < -0.4 is 15.8 Å². The fourth-order valence-electron chi connectivity index (χ4n) is 1.68. The van der Waals surface area contributed by atoms with Crippen molar-refractivity contribution in [3.05, 3.63) is 58.9 Å². The van der Waals surface area contributed by atoms with Crippen LogP contribution in [0.3, 0.4) is 0 Å². The van der Waals surface area contributed by atoms with Crippen LogP contribution in [0.25, 0.3) is 0 Å². The average Bonchev–Trinajstić information content (AvgIpc) is 2.46. The molecule has 0 radical (unpaired) electrons. The number of halogens is 2. The fraction of sp³-hybridized carbons (Fsp3) is 0.133. The number of benzene rings is 2. The molecule has 1 amide bonds. The van der Waals surface area contributed by atoms with Crippen LogP contribution in [0.4, 0.5) is 10.1 Å². The maximum atomic E-state index is 13.2. The summed E-state index contributed by atoms with van der Waals surface area (Å²) in [7, 11) is 0. The molecule has 0 unspecified atom stereocenters. The summed E-state index contributed by atoms with van der Waals surface area (Å²) in [5, 5.41) is 2.61. The van der Waals surface area contributed by atoms with Gasteiger partial charge in [-0.1, -0.05) is 17.7 Å². The predicted molar refractivity (Wildman–Crippen MR) is 80.1 cm³/mol. The van der Waals surface area contributed by atoms with Gasteiger partial charge in [0.2, 0.25) is 0 Å². The number of rotatable bonds is 5. The van der Waals surface area contributed by atoms with Gasteiger partial charge in [0.1, 0.15) is 18.2 Å². The summed E-state index contributed by atoms with van der Waals surface area (Å²) in [6.45, 7) is 0.573. The first-order chi connectivity index (χ1) is 10.1. The topological polar surface area (TPSA) is 64.3 Å². The molecule has 0 aliphatic heterocycles. The molecule has 110 valence electrons. The quantitative estimate of drug-likeness (QED) is 0.659. The Balaban J connectivity index is 1.80. The summed E-state index contributed by atoms with van der Waals surface area (Å²) < 4.78 is 18.7. The maximum absolute atomic E-state index is 13.2. The van der Waals surface area contributed by atoms with Gasteiger partial charge >= 0.3 is 0 Å². The molecule has 6 heteroatoms. The van der Waals surface area contributed by atoms with E-state index in [1.54, 1.807) is 24.3 Å². The summed E-state index contributed by atoms with van der Waals surface area (Å²) in [5.74, 6) is -0.385. The van der Waals surface area contributed by atoms with Gasteiger partial charge in [-0.05, 0) is 30.3 Å². The fourth-order valence-corrected chi connectivity index (χ4v) is 1.79. The molecular formula is C15H14ClFN2O2. The predicted octanol–water partition coefficient (Wildman–Crippen LogP) is 2.87. The van der Waals surface area contributed by atoms with Crippen LogP contribution in [0.2, 0.25) is 5.02 Å². The first kappa shape index (κ1) is 15.1. The average molecular weight is 309 g/mol. The summed E-state index contributed by atoms with van der Waals surface area (Å²) in [5.41, 5.74) is 6.43. The van der Waals surface area contributed by atoms with E-state index in [2.05, 4.69) is 5.32 Å². The van der Waals surface area contributed by atoms with Crippen molar-refractivity contribution in [2.24, 2.45) is 0 Å². The first-order valence-electron chi connectivity index (χ1n) is 6.28.